The number of nitrogens with one attached hydrogen (secondary N) is 1. The predicted octanol–water partition coefficient (Wildman–Crippen LogP) is 1.16. The van der Waals surface area contributed by atoms with E-state index in [0.29, 0.717) is 72.6 Å². The molecule has 0 aromatic heterocycles. The minimum atomic E-state index is -0.491. The van der Waals surface area contributed by atoms with Gasteiger partial charge in [0.15, 0.2) is 0 Å². The van der Waals surface area contributed by atoms with Crippen molar-refractivity contribution in [3.05, 3.63) is 0 Å². The number of carbonyl (C=O) groups excluding carboxylic acids is 1. The van der Waals surface area contributed by atoms with Gasteiger partial charge in [-0.1, -0.05) is 0 Å². The van der Waals surface area contributed by atoms with Crippen LogP contribution in [0.25, 0.3) is 0 Å². The largest absolute Gasteiger partial charge is 0.444 e. The van der Waals surface area contributed by atoms with Crippen molar-refractivity contribution in [2.24, 2.45) is 0 Å². The lowest BCUT2D eigenvalue weighted by atomic mass is 10.2. The maximum atomic E-state index is 11.8. The molecule has 0 saturated carbocycles. The number of nitrogens with zero attached hydrogens (tertiary/aromatic N) is 1. The molecule has 0 radical (unpaired) electrons. The summed E-state index contributed by atoms with van der Waals surface area (Å²) in [6.07, 6.45) is -0.352. The molecule has 1 amide bonds. The van der Waals surface area contributed by atoms with Gasteiger partial charge in [-0.2, -0.15) is 0 Å². The number of rotatable bonds is 18. The first-order chi connectivity index (χ1) is 13.4. The average molecular weight is 409 g/mol. The molecule has 0 atom stereocenters. The molecule has 0 aliphatic rings. The summed E-state index contributed by atoms with van der Waals surface area (Å²) in [7, 11) is 3.58. The number of amides is 1. The van der Waals surface area contributed by atoms with Crippen molar-refractivity contribution in [2.45, 2.75) is 26.4 Å². The second-order valence-electron chi connectivity index (χ2n) is 7.07. The summed E-state index contributed by atoms with van der Waals surface area (Å²) >= 11 is 0. The SMILES string of the molecule is CNCCOCCOCCOCCOCCOCCN(C)C(=O)OC(C)(C)C. The van der Waals surface area contributed by atoms with Crippen LogP contribution in [0.4, 0.5) is 4.79 Å². The van der Waals surface area contributed by atoms with E-state index in [1.54, 1.807) is 7.05 Å². The van der Waals surface area contributed by atoms with Crippen LogP contribution in [0, 0.1) is 0 Å². The topological polar surface area (TPSA) is 87.7 Å². The molecule has 9 nitrogen and oxygen atoms in total. The standard InChI is InChI=1S/C19H40N2O7/c1-19(2,3)28-18(22)21(5)7-9-24-11-13-26-15-17-27-16-14-25-12-10-23-8-6-20-4/h20H,6-17H2,1-5H3. The summed E-state index contributed by atoms with van der Waals surface area (Å²) in [4.78, 5) is 13.3. The van der Waals surface area contributed by atoms with Crippen LogP contribution >= 0.6 is 0 Å². The van der Waals surface area contributed by atoms with Crippen LogP contribution in [0.15, 0.2) is 0 Å². The molecule has 0 unspecified atom stereocenters. The molecular weight excluding hydrogens is 368 g/mol. The predicted molar refractivity (Wildman–Crippen MR) is 107 cm³/mol. The maximum absolute atomic E-state index is 11.8. The number of hydrogen-bond acceptors (Lipinski definition) is 8. The van der Waals surface area contributed by atoms with Crippen LogP contribution in [0.2, 0.25) is 0 Å². The monoisotopic (exact) mass is 408 g/mol. The Morgan fingerprint density at radius 2 is 1.14 bits per heavy atom. The Labute approximate surface area is 169 Å². The number of ether oxygens (including phenoxy) is 6. The normalized spacial score (nSPS) is 11.6. The lowest BCUT2D eigenvalue weighted by Gasteiger charge is -2.24. The van der Waals surface area contributed by atoms with Gasteiger partial charge in [-0.25, -0.2) is 4.79 Å². The van der Waals surface area contributed by atoms with E-state index in [1.807, 2.05) is 27.8 Å². The Morgan fingerprint density at radius 3 is 1.54 bits per heavy atom. The van der Waals surface area contributed by atoms with E-state index in [1.165, 1.54) is 4.90 Å². The Kier molecular flexibility index (Phi) is 17.5. The van der Waals surface area contributed by atoms with Crippen LogP contribution < -0.4 is 5.32 Å². The van der Waals surface area contributed by atoms with Crippen molar-refractivity contribution < 1.29 is 33.2 Å². The fourth-order valence-corrected chi connectivity index (χ4v) is 1.79. The third-order valence-electron chi connectivity index (χ3n) is 3.26. The van der Waals surface area contributed by atoms with Gasteiger partial charge in [0.25, 0.3) is 0 Å². The number of hydrogen-bond donors (Lipinski definition) is 1. The summed E-state index contributed by atoms with van der Waals surface area (Å²) in [5.41, 5.74) is -0.491. The molecule has 0 rings (SSSR count). The van der Waals surface area contributed by atoms with Gasteiger partial charge in [0, 0.05) is 20.1 Å². The van der Waals surface area contributed by atoms with Gasteiger partial charge in [-0.05, 0) is 27.8 Å². The van der Waals surface area contributed by atoms with E-state index in [0.717, 1.165) is 6.54 Å². The van der Waals surface area contributed by atoms with E-state index in [-0.39, 0.29) is 6.09 Å². The fraction of sp³-hybridized carbons (Fsp3) is 0.947. The smallest absolute Gasteiger partial charge is 0.410 e. The molecule has 0 saturated heterocycles. The van der Waals surface area contributed by atoms with Crippen molar-refractivity contribution in [3.63, 3.8) is 0 Å². The first kappa shape index (κ1) is 27.0. The molecular formula is C19H40N2O7. The summed E-state index contributed by atoms with van der Waals surface area (Å²) in [6, 6.07) is 0. The fourth-order valence-electron chi connectivity index (χ4n) is 1.79. The highest BCUT2D eigenvalue weighted by atomic mass is 16.6. The van der Waals surface area contributed by atoms with Crippen LogP contribution in [-0.2, 0) is 28.4 Å². The van der Waals surface area contributed by atoms with E-state index >= 15 is 0 Å². The lowest BCUT2D eigenvalue weighted by molar-refractivity contribution is -0.0127. The molecule has 0 fully saturated rings. The van der Waals surface area contributed by atoms with Crippen LogP contribution in [0.3, 0.4) is 0 Å². The van der Waals surface area contributed by atoms with E-state index in [9.17, 15) is 4.79 Å². The van der Waals surface area contributed by atoms with Gasteiger partial charge in [0.1, 0.15) is 5.60 Å². The third-order valence-corrected chi connectivity index (χ3v) is 3.26. The highest BCUT2D eigenvalue weighted by molar-refractivity contribution is 5.67. The molecule has 0 aromatic rings. The molecule has 9 heteroatoms. The van der Waals surface area contributed by atoms with Crippen molar-refractivity contribution in [3.8, 4) is 0 Å². The van der Waals surface area contributed by atoms with Gasteiger partial charge in [-0.15, -0.1) is 0 Å². The zero-order chi connectivity index (χ0) is 21.1. The van der Waals surface area contributed by atoms with Crippen molar-refractivity contribution in [1.82, 2.24) is 10.2 Å². The molecule has 0 aliphatic carbocycles. The molecule has 0 spiro atoms. The van der Waals surface area contributed by atoms with Crippen LogP contribution in [-0.4, -0.2) is 110 Å². The first-order valence-electron chi connectivity index (χ1n) is 9.84. The molecule has 0 heterocycles. The van der Waals surface area contributed by atoms with Gasteiger partial charge in [-0.3, -0.25) is 0 Å². The molecule has 0 bridgehead atoms. The summed E-state index contributed by atoms with van der Waals surface area (Å²) < 4.78 is 32.2. The van der Waals surface area contributed by atoms with Gasteiger partial charge in [0.05, 0.1) is 66.1 Å². The van der Waals surface area contributed by atoms with E-state index in [2.05, 4.69) is 5.32 Å². The van der Waals surface area contributed by atoms with Crippen molar-refractivity contribution in [2.75, 3.05) is 93.3 Å². The quantitative estimate of drug-likeness (QED) is 0.338. The summed E-state index contributed by atoms with van der Waals surface area (Å²) in [6.45, 7) is 12.2. The van der Waals surface area contributed by atoms with Crippen LogP contribution in [0.1, 0.15) is 20.8 Å². The van der Waals surface area contributed by atoms with Crippen molar-refractivity contribution >= 4 is 6.09 Å². The maximum Gasteiger partial charge on any atom is 0.410 e. The minimum Gasteiger partial charge on any atom is -0.444 e. The number of likely N-dealkylation sites (N-methyl/N-ethyl adjacent to an activating group) is 2. The van der Waals surface area contributed by atoms with Gasteiger partial charge in [0.2, 0.25) is 0 Å². The minimum absolute atomic E-state index is 0.352. The summed E-state index contributed by atoms with van der Waals surface area (Å²) in [5.74, 6) is 0. The molecule has 0 aliphatic heterocycles. The molecule has 168 valence electrons. The zero-order valence-electron chi connectivity index (χ0n) is 18.3. The average Bonchev–Trinajstić information content (AvgIpc) is 2.62. The van der Waals surface area contributed by atoms with Gasteiger partial charge < -0.3 is 38.6 Å². The zero-order valence-corrected chi connectivity index (χ0v) is 18.3. The lowest BCUT2D eigenvalue weighted by Crippen LogP contribution is -2.36. The Morgan fingerprint density at radius 1 is 0.750 bits per heavy atom. The Bertz CT molecular complexity index is 365. The second-order valence-corrected chi connectivity index (χ2v) is 7.07. The Hall–Kier alpha value is -0.970. The molecule has 0 aromatic carbocycles. The second kappa shape index (κ2) is 18.1. The van der Waals surface area contributed by atoms with Crippen molar-refractivity contribution in [1.29, 1.82) is 0 Å². The molecule has 1 N–H and O–H groups in total. The van der Waals surface area contributed by atoms with E-state index in [4.69, 9.17) is 28.4 Å². The summed E-state index contributed by atoms with van der Waals surface area (Å²) in [5, 5.41) is 3.01. The third kappa shape index (κ3) is 19.8. The Balaban J connectivity index is 3.24. The van der Waals surface area contributed by atoms with Gasteiger partial charge >= 0.3 is 6.09 Å². The highest BCUT2D eigenvalue weighted by Crippen LogP contribution is 2.08. The van der Waals surface area contributed by atoms with Crippen LogP contribution in [0.5, 0.6) is 0 Å². The number of carbonyl (C=O) groups is 1. The first-order valence-corrected chi connectivity index (χ1v) is 9.84. The highest BCUT2D eigenvalue weighted by Gasteiger charge is 2.19. The molecule has 28 heavy (non-hydrogen) atoms. The van der Waals surface area contributed by atoms with E-state index < -0.39 is 5.60 Å².